The van der Waals surface area contributed by atoms with Gasteiger partial charge >= 0.3 is 0 Å². The molecular weight excluding hydrogens is 324 g/mol. The Hall–Kier alpha value is -2.92. The number of hydrogen-bond acceptors (Lipinski definition) is 3. The summed E-state index contributed by atoms with van der Waals surface area (Å²) in [7, 11) is 0. The molecule has 2 aromatic carbocycles. The molecule has 0 spiro atoms. The molecule has 0 unspecified atom stereocenters. The Morgan fingerprint density at radius 3 is 2.38 bits per heavy atom. The van der Waals surface area contributed by atoms with Crippen LogP contribution < -0.4 is 5.73 Å². The predicted octanol–water partition coefficient (Wildman–Crippen LogP) is 3.14. The molecule has 1 aliphatic rings. The van der Waals surface area contributed by atoms with E-state index < -0.39 is 0 Å². The maximum atomic E-state index is 11.2. The molecule has 1 amide bonds. The molecule has 0 saturated heterocycles. The SMILES string of the molecule is NC(=O)c1ccc(CN(Cc2cnn(-c3ccccc3)c2)C2CC2)cc1. The monoisotopic (exact) mass is 346 g/mol. The second kappa shape index (κ2) is 7.14. The van der Waals surface area contributed by atoms with Crippen LogP contribution in [-0.4, -0.2) is 26.6 Å². The third-order valence-electron chi connectivity index (χ3n) is 4.73. The van der Waals surface area contributed by atoms with Gasteiger partial charge in [-0.3, -0.25) is 9.69 Å². The topological polar surface area (TPSA) is 64.2 Å². The average Bonchev–Trinajstić information content (AvgIpc) is 3.41. The lowest BCUT2D eigenvalue weighted by Crippen LogP contribution is -2.25. The van der Waals surface area contributed by atoms with Crippen LogP contribution in [0.4, 0.5) is 0 Å². The average molecular weight is 346 g/mol. The minimum absolute atomic E-state index is 0.385. The van der Waals surface area contributed by atoms with Crippen molar-refractivity contribution in [3.05, 3.63) is 83.7 Å². The van der Waals surface area contributed by atoms with Crippen LogP contribution in [0.3, 0.4) is 0 Å². The summed E-state index contributed by atoms with van der Waals surface area (Å²) in [6.45, 7) is 1.73. The predicted molar refractivity (Wildman–Crippen MR) is 101 cm³/mol. The van der Waals surface area contributed by atoms with Crippen LogP contribution in [0.15, 0.2) is 67.0 Å². The molecule has 1 fully saturated rings. The third kappa shape index (κ3) is 3.83. The highest BCUT2D eigenvalue weighted by molar-refractivity contribution is 5.92. The Morgan fingerprint density at radius 1 is 1.04 bits per heavy atom. The first kappa shape index (κ1) is 16.5. The van der Waals surface area contributed by atoms with Crippen molar-refractivity contribution in [2.75, 3.05) is 0 Å². The number of para-hydroxylation sites is 1. The lowest BCUT2D eigenvalue weighted by Gasteiger charge is -2.21. The molecule has 0 aliphatic heterocycles. The molecule has 1 heterocycles. The van der Waals surface area contributed by atoms with E-state index in [1.807, 2.05) is 41.2 Å². The number of benzene rings is 2. The van der Waals surface area contributed by atoms with Crippen LogP contribution in [0.25, 0.3) is 5.69 Å². The molecule has 5 nitrogen and oxygen atoms in total. The molecule has 2 N–H and O–H groups in total. The van der Waals surface area contributed by atoms with Gasteiger partial charge in [-0.2, -0.15) is 5.10 Å². The van der Waals surface area contributed by atoms with Crippen molar-refractivity contribution >= 4 is 5.91 Å². The minimum atomic E-state index is -0.385. The maximum absolute atomic E-state index is 11.2. The van der Waals surface area contributed by atoms with Crippen molar-refractivity contribution in [2.24, 2.45) is 5.73 Å². The summed E-state index contributed by atoms with van der Waals surface area (Å²) < 4.78 is 1.92. The summed E-state index contributed by atoms with van der Waals surface area (Å²) in [5, 5.41) is 4.50. The third-order valence-corrected chi connectivity index (χ3v) is 4.73. The number of primary amides is 1. The molecule has 4 rings (SSSR count). The molecule has 0 atom stereocenters. The van der Waals surface area contributed by atoms with Gasteiger partial charge in [0.1, 0.15) is 0 Å². The first-order valence-corrected chi connectivity index (χ1v) is 8.91. The fourth-order valence-electron chi connectivity index (χ4n) is 3.16. The summed E-state index contributed by atoms with van der Waals surface area (Å²) in [6, 6.07) is 18.4. The molecule has 26 heavy (non-hydrogen) atoms. The quantitative estimate of drug-likeness (QED) is 0.715. The van der Waals surface area contributed by atoms with Crippen LogP contribution in [-0.2, 0) is 13.1 Å². The molecule has 0 radical (unpaired) electrons. The number of nitrogens with zero attached hydrogens (tertiary/aromatic N) is 3. The molecular formula is C21H22N4O. The van der Waals surface area contributed by atoms with E-state index in [2.05, 4.69) is 28.3 Å². The van der Waals surface area contributed by atoms with Crippen LogP contribution >= 0.6 is 0 Å². The Labute approximate surface area is 153 Å². The van der Waals surface area contributed by atoms with Crippen molar-refractivity contribution in [2.45, 2.75) is 32.0 Å². The second-order valence-electron chi connectivity index (χ2n) is 6.83. The first-order valence-electron chi connectivity index (χ1n) is 8.91. The van der Waals surface area contributed by atoms with Gasteiger partial charge in [-0.1, -0.05) is 30.3 Å². The minimum Gasteiger partial charge on any atom is -0.366 e. The van der Waals surface area contributed by atoms with E-state index in [-0.39, 0.29) is 5.91 Å². The first-order chi connectivity index (χ1) is 12.7. The van der Waals surface area contributed by atoms with Gasteiger partial charge < -0.3 is 5.73 Å². The van der Waals surface area contributed by atoms with Crippen LogP contribution in [0.2, 0.25) is 0 Å². The van der Waals surface area contributed by atoms with E-state index in [0.29, 0.717) is 11.6 Å². The zero-order valence-corrected chi connectivity index (χ0v) is 14.6. The normalized spacial score (nSPS) is 13.9. The Bertz CT molecular complexity index is 882. The number of hydrogen-bond donors (Lipinski definition) is 1. The zero-order valence-electron chi connectivity index (χ0n) is 14.6. The molecule has 1 aromatic heterocycles. The number of rotatable bonds is 7. The van der Waals surface area contributed by atoms with Crippen LogP contribution in [0, 0.1) is 0 Å². The van der Waals surface area contributed by atoms with E-state index >= 15 is 0 Å². The maximum Gasteiger partial charge on any atom is 0.248 e. The van der Waals surface area contributed by atoms with E-state index in [1.165, 1.54) is 24.0 Å². The van der Waals surface area contributed by atoms with Gasteiger partial charge in [0, 0.05) is 36.5 Å². The van der Waals surface area contributed by atoms with Gasteiger partial charge in [0.25, 0.3) is 0 Å². The number of aromatic nitrogens is 2. The largest absolute Gasteiger partial charge is 0.366 e. The summed E-state index contributed by atoms with van der Waals surface area (Å²) in [5.74, 6) is -0.385. The lowest BCUT2D eigenvalue weighted by atomic mass is 10.1. The molecule has 132 valence electrons. The molecule has 1 aliphatic carbocycles. The van der Waals surface area contributed by atoms with E-state index in [4.69, 9.17) is 5.73 Å². The standard InChI is InChI=1S/C21H22N4O/c22-21(26)18-8-6-16(7-9-18)13-24(19-10-11-19)14-17-12-23-25(15-17)20-4-2-1-3-5-20/h1-9,12,15,19H,10-11,13-14H2,(H2,22,26). The fourth-order valence-corrected chi connectivity index (χ4v) is 3.16. The smallest absolute Gasteiger partial charge is 0.248 e. The number of carbonyl (C=O) groups excluding carboxylic acids is 1. The van der Waals surface area contributed by atoms with Crippen molar-refractivity contribution < 1.29 is 4.79 Å². The lowest BCUT2D eigenvalue weighted by molar-refractivity contribution is 0.100. The fraction of sp³-hybridized carbons (Fsp3) is 0.238. The summed E-state index contributed by atoms with van der Waals surface area (Å²) in [4.78, 5) is 13.7. The van der Waals surface area contributed by atoms with Crippen molar-refractivity contribution in [3.8, 4) is 5.69 Å². The van der Waals surface area contributed by atoms with E-state index in [0.717, 1.165) is 18.8 Å². The molecule has 1 saturated carbocycles. The number of amides is 1. The summed E-state index contributed by atoms with van der Waals surface area (Å²) >= 11 is 0. The zero-order chi connectivity index (χ0) is 17.9. The Balaban J connectivity index is 1.46. The Morgan fingerprint density at radius 2 is 1.73 bits per heavy atom. The molecule has 3 aromatic rings. The van der Waals surface area contributed by atoms with Crippen molar-refractivity contribution in [3.63, 3.8) is 0 Å². The highest BCUT2D eigenvalue weighted by Gasteiger charge is 2.29. The van der Waals surface area contributed by atoms with Gasteiger partial charge in [-0.15, -0.1) is 0 Å². The molecule has 5 heteroatoms. The van der Waals surface area contributed by atoms with Crippen molar-refractivity contribution in [1.82, 2.24) is 14.7 Å². The van der Waals surface area contributed by atoms with Gasteiger partial charge in [0.05, 0.1) is 11.9 Å². The number of carbonyl (C=O) groups is 1. The summed E-state index contributed by atoms with van der Waals surface area (Å²) in [5.41, 5.74) is 9.33. The van der Waals surface area contributed by atoms with Gasteiger partial charge in [0.15, 0.2) is 0 Å². The van der Waals surface area contributed by atoms with Crippen LogP contribution in [0.5, 0.6) is 0 Å². The molecule has 0 bridgehead atoms. The highest BCUT2D eigenvalue weighted by Crippen LogP contribution is 2.30. The van der Waals surface area contributed by atoms with E-state index in [1.54, 1.807) is 12.1 Å². The summed E-state index contributed by atoms with van der Waals surface area (Å²) in [6.07, 6.45) is 6.53. The second-order valence-corrected chi connectivity index (χ2v) is 6.83. The Kier molecular flexibility index (Phi) is 4.54. The van der Waals surface area contributed by atoms with Gasteiger partial charge in [0.2, 0.25) is 5.91 Å². The van der Waals surface area contributed by atoms with Crippen molar-refractivity contribution in [1.29, 1.82) is 0 Å². The van der Waals surface area contributed by atoms with Crippen LogP contribution in [0.1, 0.15) is 34.3 Å². The number of nitrogens with two attached hydrogens (primary N) is 1. The van der Waals surface area contributed by atoms with Gasteiger partial charge in [-0.05, 0) is 42.7 Å². The van der Waals surface area contributed by atoms with Gasteiger partial charge in [-0.25, -0.2) is 4.68 Å². The van der Waals surface area contributed by atoms with E-state index in [9.17, 15) is 4.79 Å². The highest BCUT2D eigenvalue weighted by atomic mass is 16.1.